The van der Waals surface area contributed by atoms with Crippen molar-refractivity contribution >= 4 is 39.2 Å². The van der Waals surface area contributed by atoms with E-state index in [2.05, 4.69) is 0 Å². The Bertz CT molecular complexity index is 773. The molecule has 0 bridgehead atoms. The second kappa shape index (κ2) is 8.93. The van der Waals surface area contributed by atoms with E-state index in [0.717, 1.165) is 10.6 Å². The maximum atomic E-state index is 12.9. The van der Waals surface area contributed by atoms with E-state index >= 15 is 0 Å². The van der Waals surface area contributed by atoms with Gasteiger partial charge in [-0.05, 0) is 51.0 Å². The molecular weight excluding hydrogens is 392 g/mol. The summed E-state index contributed by atoms with van der Waals surface area (Å²) in [5.74, 6) is -0.749. The molecule has 0 saturated carbocycles. The minimum atomic E-state index is -3.68. The van der Waals surface area contributed by atoms with Crippen LogP contribution in [0.4, 0.5) is 5.69 Å². The van der Waals surface area contributed by atoms with Crippen molar-refractivity contribution in [2.24, 2.45) is 5.92 Å². The van der Waals surface area contributed by atoms with E-state index in [1.54, 1.807) is 43.0 Å². The van der Waals surface area contributed by atoms with Crippen molar-refractivity contribution in [3.63, 3.8) is 0 Å². The quantitative estimate of drug-likeness (QED) is 0.664. The number of rotatable bonds is 6. The minimum absolute atomic E-state index is 0.216. The second-order valence-corrected chi connectivity index (χ2v) is 8.86. The van der Waals surface area contributed by atoms with Crippen LogP contribution in [-0.4, -0.2) is 57.2 Å². The first kappa shape index (κ1) is 21.5. The summed E-state index contributed by atoms with van der Waals surface area (Å²) in [6.45, 7) is 4.44. The van der Waals surface area contributed by atoms with Crippen LogP contribution in [0.15, 0.2) is 24.3 Å². The maximum Gasteiger partial charge on any atom is 0.309 e. The molecule has 1 heterocycles. The fraction of sp³-hybridized carbons (Fsp3) is 0.556. The van der Waals surface area contributed by atoms with Crippen molar-refractivity contribution in [2.45, 2.75) is 32.7 Å². The molecule has 1 atom stereocenters. The van der Waals surface area contributed by atoms with Crippen LogP contribution in [0, 0.1) is 5.92 Å². The monoisotopic (exact) mass is 416 g/mol. The maximum absolute atomic E-state index is 12.9. The van der Waals surface area contributed by atoms with Gasteiger partial charge in [0.1, 0.15) is 6.04 Å². The molecule has 0 spiro atoms. The number of benzene rings is 1. The molecule has 1 aliphatic heterocycles. The predicted octanol–water partition coefficient (Wildman–Crippen LogP) is 2.30. The zero-order chi connectivity index (χ0) is 20.2. The highest BCUT2D eigenvalue weighted by atomic mass is 35.5. The molecule has 0 radical (unpaired) electrons. The number of amides is 1. The summed E-state index contributed by atoms with van der Waals surface area (Å²) in [6.07, 6.45) is 2.09. The standard InChI is InChI=1S/C18H25ClN2O5S/c1-4-26-18(23)14-9-11-20(12-10-14)17(22)13(2)21(27(3,24)25)16-7-5-15(19)6-8-16/h5-8,13-14H,4,9-12H2,1-3H3. The first-order valence-electron chi connectivity index (χ1n) is 8.85. The molecule has 1 aromatic carbocycles. The SMILES string of the molecule is CCOC(=O)C1CCN(C(=O)C(C)N(c2ccc(Cl)cc2)S(C)(=O)=O)CC1. The number of likely N-dealkylation sites (tertiary alicyclic amines) is 1. The van der Waals surface area contributed by atoms with Crippen LogP contribution >= 0.6 is 11.6 Å². The second-order valence-electron chi connectivity index (χ2n) is 6.56. The molecule has 1 unspecified atom stereocenters. The van der Waals surface area contributed by atoms with Crippen LogP contribution < -0.4 is 4.31 Å². The lowest BCUT2D eigenvalue weighted by Gasteiger charge is -2.36. The number of piperidine rings is 1. The lowest BCUT2D eigenvalue weighted by molar-refractivity contribution is -0.151. The normalized spacial score (nSPS) is 16.7. The Morgan fingerprint density at radius 3 is 2.30 bits per heavy atom. The molecule has 1 aliphatic rings. The molecule has 1 saturated heterocycles. The first-order valence-corrected chi connectivity index (χ1v) is 11.1. The Hall–Kier alpha value is -1.80. The van der Waals surface area contributed by atoms with Crippen LogP contribution in [0.25, 0.3) is 0 Å². The molecule has 1 aromatic rings. The number of carbonyl (C=O) groups excluding carboxylic acids is 2. The number of halogens is 1. The molecule has 2 rings (SSSR count). The van der Waals surface area contributed by atoms with Gasteiger partial charge in [-0.25, -0.2) is 8.42 Å². The Labute approximate surface area is 165 Å². The largest absolute Gasteiger partial charge is 0.466 e. The molecule has 1 amide bonds. The summed E-state index contributed by atoms with van der Waals surface area (Å²) in [6, 6.07) is 5.40. The van der Waals surface area contributed by atoms with Gasteiger partial charge in [-0.15, -0.1) is 0 Å². The number of anilines is 1. The number of carbonyl (C=O) groups is 2. The van der Waals surface area contributed by atoms with E-state index in [1.807, 2.05) is 0 Å². The summed E-state index contributed by atoms with van der Waals surface area (Å²) < 4.78 is 30.8. The highest BCUT2D eigenvalue weighted by Crippen LogP contribution is 2.25. The lowest BCUT2D eigenvalue weighted by Crippen LogP contribution is -2.51. The smallest absolute Gasteiger partial charge is 0.309 e. The number of hydrogen-bond acceptors (Lipinski definition) is 5. The summed E-state index contributed by atoms with van der Waals surface area (Å²) >= 11 is 5.88. The average molecular weight is 417 g/mol. The van der Waals surface area contributed by atoms with Gasteiger partial charge in [0, 0.05) is 18.1 Å². The fourth-order valence-electron chi connectivity index (χ4n) is 3.25. The molecule has 27 heavy (non-hydrogen) atoms. The number of ether oxygens (including phenoxy) is 1. The topological polar surface area (TPSA) is 84.0 Å². The van der Waals surface area contributed by atoms with Gasteiger partial charge in [-0.2, -0.15) is 0 Å². The van der Waals surface area contributed by atoms with Crippen molar-refractivity contribution in [1.82, 2.24) is 4.90 Å². The first-order chi connectivity index (χ1) is 12.6. The molecule has 0 aromatic heterocycles. The van der Waals surface area contributed by atoms with E-state index in [9.17, 15) is 18.0 Å². The van der Waals surface area contributed by atoms with Gasteiger partial charge in [0.25, 0.3) is 0 Å². The molecule has 0 N–H and O–H groups in total. The molecule has 0 aliphatic carbocycles. The summed E-state index contributed by atoms with van der Waals surface area (Å²) in [7, 11) is -3.68. The Kier molecular flexibility index (Phi) is 7.11. The van der Waals surface area contributed by atoms with Gasteiger partial charge in [0.05, 0.1) is 24.5 Å². The van der Waals surface area contributed by atoms with Crippen molar-refractivity contribution in [2.75, 3.05) is 30.3 Å². The van der Waals surface area contributed by atoms with Crippen LogP contribution in [0.3, 0.4) is 0 Å². The third kappa shape index (κ3) is 5.35. The van der Waals surface area contributed by atoms with E-state index in [-0.39, 0.29) is 17.8 Å². The number of sulfonamides is 1. The molecule has 150 valence electrons. The van der Waals surface area contributed by atoms with Gasteiger partial charge in [0.2, 0.25) is 15.9 Å². The lowest BCUT2D eigenvalue weighted by atomic mass is 9.96. The summed E-state index contributed by atoms with van der Waals surface area (Å²) in [5.41, 5.74) is 0.379. The van der Waals surface area contributed by atoms with E-state index < -0.39 is 16.1 Å². The third-order valence-corrected chi connectivity index (χ3v) is 6.07. The molecule has 1 fully saturated rings. The van der Waals surface area contributed by atoms with Crippen LogP contribution in [0.5, 0.6) is 0 Å². The van der Waals surface area contributed by atoms with Crippen molar-refractivity contribution in [3.8, 4) is 0 Å². The van der Waals surface area contributed by atoms with Gasteiger partial charge < -0.3 is 9.64 Å². The van der Waals surface area contributed by atoms with Crippen molar-refractivity contribution in [1.29, 1.82) is 0 Å². The zero-order valence-electron chi connectivity index (χ0n) is 15.7. The van der Waals surface area contributed by atoms with Crippen LogP contribution in [-0.2, 0) is 24.3 Å². The Morgan fingerprint density at radius 2 is 1.81 bits per heavy atom. The number of esters is 1. The zero-order valence-corrected chi connectivity index (χ0v) is 17.3. The highest BCUT2D eigenvalue weighted by Gasteiger charge is 2.35. The summed E-state index contributed by atoms with van der Waals surface area (Å²) in [5, 5.41) is 0.479. The Balaban J connectivity index is 2.12. The molecular formula is C18H25ClN2O5S. The van der Waals surface area contributed by atoms with E-state index in [0.29, 0.717) is 43.2 Å². The minimum Gasteiger partial charge on any atom is -0.466 e. The van der Waals surface area contributed by atoms with Crippen LogP contribution in [0.2, 0.25) is 5.02 Å². The van der Waals surface area contributed by atoms with Gasteiger partial charge in [0.15, 0.2) is 0 Å². The Morgan fingerprint density at radius 1 is 1.26 bits per heavy atom. The van der Waals surface area contributed by atoms with Gasteiger partial charge in [-0.3, -0.25) is 13.9 Å². The van der Waals surface area contributed by atoms with Gasteiger partial charge >= 0.3 is 5.97 Å². The average Bonchev–Trinajstić information content (AvgIpc) is 2.62. The highest BCUT2D eigenvalue weighted by molar-refractivity contribution is 7.92. The van der Waals surface area contributed by atoms with Crippen molar-refractivity contribution < 1.29 is 22.7 Å². The number of nitrogens with zero attached hydrogens (tertiary/aromatic N) is 2. The van der Waals surface area contributed by atoms with Crippen molar-refractivity contribution in [3.05, 3.63) is 29.3 Å². The molecule has 7 nitrogen and oxygen atoms in total. The van der Waals surface area contributed by atoms with E-state index in [1.165, 1.54) is 0 Å². The third-order valence-electron chi connectivity index (χ3n) is 4.57. The number of hydrogen-bond donors (Lipinski definition) is 0. The fourth-order valence-corrected chi connectivity index (χ4v) is 4.55. The summed E-state index contributed by atoms with van der Waals surface area (Å²) in [4.78, 5) is 26.3. The van der Waals surface area contributed by atoms with Crippen LogP contribution in [0.1, 0.15) is 26.7 Å². The predicted molar refractivity (Wildman–Crippen MR) is 104 cm³/mol. The van der Waals surface area contributed by atoms with Gasteiger partial charge in [-0.1, -0.05) is 11.6 Å². The van der Waals surface area contributed by atoms with E-state index in [4.69, 9.17) is 16.3 Å². The molecule has 9 heteroatoms.